The Morgan fingerprint density at radius 1 is 1.17 bits per heavy atom. The summed E-state index contributed by atoms with van der Waals surface area (Å²) >= 11 is 1.64. The summed E-state index contributed by atoms with van der Waals surface area (Å²) in [5.41, 5.74) is 9.97. The monoisotopic (exact) mass is 338 g/mol. The molecule has 5 heteroatoms. The Kier molecular flexibility index (Phi) is 5.87. The van der Waals surface area contributed by atoms with Crippen LogP contribution in [-0.2, 0) is 6.42 Å². The minimum atomic E-state index is 0.252. The number of anilines is 1. The molecule has 0 atom stereocenters. The van der Waals surface area contributed by atoms with E-state index < -0.39 is 0 Å². The van der Waals surface area contributed by atoms with Crippen molar-refractivity contribution in [3.05, 3.63) is 78.8 Å². The van der Waals surface area contributed by atoms with E-state index in [4.69, 9.17) is 5.73 Å². The van der Waals surface area contributed by atoms with Gasteiger partial charge in [0.2, 0.25) is 0 Å². The molecule has 0 saturated heterocycles. The van der Waals surface area contributed by atoms with Crippen LogP contribution in [0.15, 0.2) is 73.2 Å². The minimum Gasteiger partial charge on any atom is -0.508 e. The molecule has 122 valence electrons. The first-order valence-electron chi connectivity index (χ1n) is 7.29. The topological polar surface area (TPSA) is 63.0 Å². The van der Waals surface area contributed by atoms with E-state index in [9.17, 15) is 5.11 Å². The molecule has 24 heavy (non-hydrogen) atoms. The summed E-state index contributed by atoms with van der Waals surface area (Å²) in [5, 5.41) is 13.4. The summed E-state index contributed by atoms with van der Waals surface area (Å²) in [5.74, 6) is 0.658. The Morgan fingerprint density at radius 3 is 2.50 bits per heavy atom. The zero-order chi connectivity index (χ0) is 17.5. The second-order valence-electron chi connectivity index (χ2n) is 4.99. The number of rotatable bonds is 4. The van der Waals surface area contributed by atoms with E-state index in [1.165, 1.54) is 0 Å². The van der Waals surface area contributed by atoms with Gasteiger partial charge in [0, 0.05) is 12.0 Å². The highest BCUT2D eigenvalue weighted by Crippen LogP contribution is 2.21. The Bertz CT molecular complexity index is 811. The zero-order valence-electron chi connectivity index (χ0n) is 13.4. The molecule has 4 nitrogen and oxygen atoms in total. The van der Waals surface area contributed by atoms with Crippen molar-refractivity contribution in [2.45, 2.75) is 6.42 Å². The van der Waals surface area contributed by atoms with Gasteiger partial charge >= 0.3 is 5.95 Å². The van der Waals surface area contributed by atoms with Gasteiger partial charge in [-0.25, -0.2) is 4.57 Å². The number of phenolic OH excluding ortho intramolecular Hbond substituents is 1. The minimum absolute atomic E-state index is 0.252. The second kappa shape index (κ2) is 8.08. The molecule has 0 aliphatic carbocycles. The predicted octanol–water partition coefficient (Wildman–Crippen LogP) is 3.90. The lowest BCUT2D eigenvalue weighted by atomic mass is 10.1. The fraction of sp³-hybridized carbons (Fsp3) is 0.0526. The third-order valence-electron chi connectivity index (χ3n) is 3.39. The number of aromatic hydroxyl groups is 1. The Labute approximate surface area is 145 Å². The highest BCUT2D eigenvalue weighted by Gasteiger charge is 2.13. The number of nitrogen functional groups attached to an aromatic ring is 1. The normalized spacial score (nSPS) is 9.83. The Morgan fingerprint density at radius 2 is 1.88 bits per heavy atom. The smallest absolute Gasteiger partial charge is 0.393 e. The molecule has 0 spiro atoms. The molecule has 3 rings (SSSR count). The molecule has 0 fully saturated rings. The summed E-state index contributed by atoms with van der Waals surface area (Å²) in [6, 6.07) is 9.11. The molecular formula is C19H20N3OS+. The van der Waals surface area contributed by atoms with E-state index in [0.717, 1.165) is 22.4 Å². The number of benzene rings is 1. The van der Waals surface area contributed by atoms with Gasteiger partial charge in [-0.2, -0.15) is 11.3 Å². The Balaban J connectivity index is 0.00000100. The zero-order valence-corrected chi connectivity index (χ0v) is 14.2. The first-order chi connectivity index (χ1) is 11.6. The van der Waals surface area contributed by atoms with Crippen LogP contribution in [0.3, 0.4) is 0 Å². The van der Waals surface area contributed by atoms with Crippen LogP contribution in [0, 0.1) is 0 Å². The van der Waals surface area contributed by atoms with E-state index in [1.807, 2.05) is 29.8 Å². The van der Waals surface area contributed by atoms with E-state index in [2.05, 4.69) is 30.1 Å². The summed E-state index contributed by atoms with van der Waals surface area (Å²) in [6.45, 7) is 10.1. The fourth-order valence-corrected chi connectivity index (χ4v) is 2.87. The fourth-order valence-electron chi connectivity index (χ4n) is 2.20. The lowest BCUT2D eigenvalue weighted by Gasteiger charge is -2.08. The molecule has 0 aliphatic heterocycles. The van der Waals surface area contributed by atoms with Crippen LogP contribution in [-0.4, -0.2) is 10.1 Å². The van der Waals surface area contributed by atoms with E-state index >= 15 is 0 Å². The molecule has 2 aromatic heterocycles. The van der Waals surface area contributed by atoms with Gasteiger partial charge in [-0.05, 0) is 40.1 Å². The molecular weight excluding hydrogens is 318 g/mol. The molecule has 0 unspecified atom stereocenters. The summed E-state index contributed by atoms with van der Waals surface area (Å²) < 4.78 is 1.81. The summed E-state index contributed by atoms with van der Waals surface area (Å²) in [4.78, 5) is 4.26. The van der Waals surface area contributed by atoms with Crippen LogP contribution < -0.4 is 10.3 Å². The standard InChI is InChI=1S/C17H15N3OS.C2H4/c1-12(8-13-2-4-16(21)5-3-13)20-10-15(9-19-17(20)18)14-6-7-22-11-14;1-2/h2-7,9-11,18,21H,1,8H2;1-2H2/p+1. The lowest BCUT2D eigenvalue weighted by molar-refractivity contribution is -0.569. The summed E-state index contributed by atoms with van der Waals surface area (Å²) in [6.07, 6.45) is 4.35. The average molecular weight is 338 g/mol. The number of aromatic nitrogens is 2. The molecule has 0 radical (unpaired) electrons. The Hall–Kier alpha value is -2.92. The van der Waals surface area contributed by atoms with Gasteiger partial charge in [-0.15, -0.1) is 13.2 Å². The lowest BCUT2D eigenvalue weighted by Crippen LogP contribution is -2.37. The van der Waals surface area contributed by atoms with Crippen molar-refractivity contribution >= 4 is 23.0 Å². The second-order valence-corrected chi connectivity index (χ2v) is 5.77. The van der Waals surface area contributed by atoms with Crippen LogP contribution >= 0.6 is 11.3 Å². The van der Waals surface area contributed by atoms with Gasteiger partial charge in [-0.3, -0.25) is 5.73 Å². The number of hydrogen-bond donors (Lipinski definition) is 2. The van der Waals surface area contributed by atoms with E-state index in [1.54, 1.807) is 34.2 Å². The number of nitrogens with two attached hydrogens (primary N) is 1. The van der Waals surface area contributed by atoms with Crippen molar-refractivity contribution in [2.75, 3.05) is 5.73 Å². The van der Waals surface area contributed by atoms with Crippen LogP contribution in [0.1, 0.15) is 5.56 Å². The molecule has 0 amide bonds. The SMILES string of the molecule is C=C.C=C(Cc1ccc(O)cc1)[n+]1cc(-c2ccsc2)cnc1N. The van der Waals surface area contributed by atoms with Gasteiger partial charge in [0.1, 0.15) is 11.9 Å². The van der Waals surface area contributed by atoms with Crippen LogP contribution in [0.4, 0.5) is 5.95 Å². The first kappa shape index (κ1) is 17.4. The largest absolute Gasteiger partial charge is 0.508 e. The number of nitrogens with zero attached hydrogens (tertiary/aromatic N) is 2. The number of allylic oxidation sites excluding steroid dienone is 1. The molecule has 2 heterocycles. The van der Waals surface area contributed by atoms with Crippen molar-refractivity contribution in [1.82, 2.24) is 4.98 Å². The number of thiophene rings is 1. The average Bonchev–Trinajstić information content (AvgIpc) is 3.14. The van der Waals surface area contributed by atoms with Crippen LogP contribution in [0.25, 0.3) is 16.8 Å². The number of phenols is 1. The predicted molar refractivity (Wildman–Crippen MR) is 101 cm³/mol. The van der Waals surface area contributed by atoms with Gasteiger partial charge < -0.3 is 5.11 Å². The number of hydrogen-bond acceptors (Lipinski definition) is 4. The maximum atomic E-state index is 9.34. The maximum absolute atomic E-state index is 9.34. The first-order valence-corrected chi connectivity index (χ1v) is 8.23. The van der Waals surface area contributed by atoms with E-state index in [-0.39, 0.29) is 5.75 Å². The maximum Gasteiger partial charge on any atom is 0.393 e. The summed E-state index contributed by atoms with van der Waals surface area (Å²) in [7, 11) is 0. The molecule has 3 N–H and O–H groups in total. The molecule has 0 bridgehead atoms. The third-order valence-corrected chi connectivity index (χ3v) is 4.07. The van der Waals surface area contributed by atoms with Crippen molar-refractivity contribution in [3.8, 4) is 16.9 Å². The highest BCUT2D eigenvalue weighted by molar-refractivity contribution is 7.08. The highest BCUT2D eigenvalue weighted by atomic mass is 32.1. The van der Waals surface area contributed by atoms with Crippen molar-refractivity contribution < 1.29 is 9.67 Å². The van der Waals surface area contributed by atoms with Gasteiger partial charge in [-0.1, -0.05) is 23.7 Å². The molecule has 1 aromatic carbocycles. The van der Waals surface area contributed by atoms with Crippen LogP contribution in [0.5, 0.6) is 5.75 Å². The molecule has 0 saturated carbocycles. The molecule has 3 aromatic rings. The van der Waals surface area contributed by atoms with Crippen molar-refractivity contribution in [2.24, 2.45) is 0 Å². The van der Waals surface area contributed by atoms with Crippen LogP contribution in [0.2, 0.25) is 0 Å². The van der Waals surface area contributed by atoms with Crippen molar-refractivity contribution in [1.29, 1.82) is 0 Å². The van der Waals surface area contributed by atoms with Gasteiger partial charge in [0.25, 0.3) is 0 Å². The molecule has 0 aliphatic rings. The quantitative estimate of drug-likeness (QED) is 0.560. The van der Waals surface area contributed by atoms with Gasteiger partial charge in [0.05, 0.1) is 11.9 Å². The van der Waals surface area contributed by atoms with E-state index in [0.29, 0.717) is 12.4 Å². The van der Waals surface area contributed by atoms with Gasteiger partial charge in [0.15, 0.2) is 0 Å². The third kappa shape index (κ3) is 4.08. The van der Waals surface area contributed by atoms with Crippen molar-refractivity contribution in [3.63, 3.8) is 0 Å².